The zero-order valence-electron chi connectivity index (χ0n) is 6.96. The molecule has 0 atom stereocenters. The number of nitrogens with one attached hydrogen (secondary N) is 1. The maximum absolute atomic E-state index is 11.2. The third-order valence-corrected chi connectivity index (χ3v) is 1.83. The highest BCUT2D eigenvalue weighted by Crippen LogP contribution is 2.02. The van der Waals surface area contributed by atoms with Gasteiger partial charge < -0.3 is 9.72 Å². The van der Waals surface area contributed by atoms with E-state index in [0.717, 1.165) is 0 Å². The summed E-state index contributed by atoms with van der Waals surface area (Å²) < 4.78 is 5.21. The zero-order valence-corrected chi connectivity index (χ0v) is 8.55. The second-order valence-electron chi connectivity index (χ2n) is 2.28. The third-order valence-electron chi connectivity index (χ3n) is 1.37. The van der Waals surface area contributed by atoms with Crippen LogP contribution in [0.2, 0.25) is 0 Å². The number of aromatic amines is 1. The quantitative estimate of drug-likeness (QED) is 0.632. The van der Waals surface area contributed by atoms with Crippen LogP contribution in [0, 0.1) is 0 Å². The third kappa shape index (κ3) is 2.42. The normalized spacial score (nSPS) is 9.69. The van der Waals surface area contributed by atoms with Crippen molar-refractivity contribution in [3.63, 3.8) is 0 Å². The van der Waals surface area contributed by atoms with Gasteiger partial charge in [-0.15, -0.1) is 0 Å². The predicted octanol–water partition coefficient (Wildman–Crippen LogP) is 1.31. The molecular formula is C8H8BrNO3. The molecule has 1 aromatic rings. The number of hydrogen-bond acceptors (Lipinski definition) is 3. The minimum Gasteiger partial charge on any atom is -0.462 e. The number of rotatable bonds is 2. The summed E-state index contributed by atoms with van der Waals surface area (Å²) in [6, 6.07) is 1.28. The predicted molar refractivity (Wildman–Crippen MR) is 50.7 cm³/mol. The van der Waals surface area contributed by atoms with Crippen molar-refractivity contribution in [1.29, 1.82) is 0 Å². The van der Waals surface area contributed by atoms with E-state index in [9.17, 15) is 9.59 Å². The fraction of sp³-hybridized carbons (Fsp3) is 0.250. The van der Waals surface area contributed by atoms with Gasteiger partial charge in [-0.1, -0.05) is 0 Å². The van der Waals surface area contributed by atoms with E-state index in [-0.39, 0.29) is 17.6 Å². The summed E-state index contributed by atoms with van der Waals surface area (Å²) in [4.78, 5) is 25.0. The van der Waals surface area contributed by atoms with Gasteiger partial charge in [0.2, 0.25) is 0 Å². The highest BCUT2D eigenvalue weighted by molar-refractivity contribution is 9.10. The molecule has 0 aromatic carbocycles. The summed E-state index contributed by atoms with van der Waals surface area (Å²) in [5.74, 6) is -0.601. The number of carbonyl (C=O) groups is 1. The van der Waals surface area contributed by atoms with Crippen molar-refractivity contribution in [3.05, 3.63) is 32.7 Å². The van der Waals surface area contributed by atoms with Crippen LogP contribution in [0.5, 0.6) is 0 Å². The van der Waals surface area contributed by atoms with Crippen LogP contribution >= 0.6 is 15.9 Å². The largest absolute Gasteiger partial charge is 0.462 e. The van der Waals surface area contributed by atoms with Gasteiger partial charge in [0, 0.05) is 12.3 Å². The second-order valence-corrected chi connectivity index (χ2v) is 3.13. The Morgan fingerprint density at radius 2 is 2.38 bits per heavy atom. The lowest BCUT2D eigenvalue weighted by Crippen LogP contribution is -2.16. The lowest BCUT2D eigenvalue weighted by atomic mass is 10.3. The highest BCUT2D eigenvalue weighted by Gasteiger charge is 2.10. The van der Waals surface area contributed by atoms with Crippen molar-refractivity contribution >= 4 is 21.9 Å². The van der Waals surface area contributed by atoms with Gasteiger partial charge in [-0.2, -0.15) is 0 Å². The van der Waals surface area contributed by atoms with Crippen LogP contribution in [0.25, 0.3) is 0 Å². The Kier molecular flexibility index (Phi) is 3.25. The minimum atomic E-state index is -0.601. The van der Waals surface area contributed by atoms with Crippen LogP contribution in [0.3, 0.4) is 0 Å². The smallest absolute Gasteiger partial charge is 0.343 e. The summed E-state index contributed by atoms with van der Waals surface area (Å²) in [6.45, 7) is 1.94. The molecule has 1 aromatic heterocycles. The molecule has 0 saturated carbocycles. The van der Waals surface area contributed by atoms with E-state index < -0.39 is 5.97 Å². The van der Waals surface area contributed by atoms with E-state index in [4.69, 9.17) is 0 Å². The summed E-state index contributed by atoms with van der Waals surface area (Å²) in [6.07, 6.45) is 1.32. The Bertz CT molecular complexity index is 372. The molecule has 1 N–H and O–H groups in total. The highest BCUT2D eigenvalue weighted by atomic mass is 79.9. The molecule has 0 saturated heterocycles. The summed E-state index contributed by atoms with van der Waals surface area (Å²) in [7, 11) is 0. The number of aromatic nitrogens is 1. The van der Waals surface area contributed by atoms with E-state index in [1.807, 2.05) is 0 Å². The number of halogens is 1. The Morgan fingerprint density at radius 1 is 1.69 bits per heavy atom. The van der Waals surface area contributed by atoms with Gasteiger partial charge in [-0.25, -0.2) is 4.79 Å². The van der Waals surface area contributed by atoms with E-state index in [1.54, 1.807) is 6.92 Å². The topological polar surface area (TPSA) is 59.2 Å². The molecule has 0 radical (unpaired) electrons. The van der Waals surface area contributed by atoms with Crippen molar-refractivity contribution in [2.45, 2.75) is 6.92 Å². The number of H-pyrrole nitrogens is 1. The molecule has 0 bridgehead atoms. The van der Waals surface area contributed by atoms with Crippen LogP contribution in [0.1, 0.15) is 17.3 Å². The maximum atomic E-state index is 11.2. The molecule has 5 heteroatoms. The number of ether oxygens (including phenoxy) is 1. The van der Waals surface area contributed by atoms with Crippen LogP contribution in [0.4, 0.5) is 0 Å². The Hall–Kier alpha value is -1.10. The minimum absolute atomic E-state index is 0.0186. The molecule has 1 heterocycles. The molecule has 4 nitrogen and oxygen atoms in total. The first kappa shape index (κ1) is 9.98. The lowest BCUT2D eigenvalue weighted by Gasteiger charge is -1.99. The molecule has 0 aliphatic rings. The molecular weight excluding hydrogens is 238 g/mol. The van der Waals surface area contributed by atoms with Crippen molar-refractivity contribution in [3.8, 4) is 0 Å². The average molecular weight is 246 g/mol. The van der Waals surface area contributed by atoms with E-state index in [2.05, 4.69) is 25.7 Å². The Labute approximate surface area is 83.1 Å². The number of esters is 1. The molecule has 1 rings (SSSR count). The molecule has 0 spiro atoms. The van der Waals surface area contributed by atoms with Gasteiger partial charge in [0.25, 0.3) is 0 Å². The molecule has 0 aliphatic carbocycles. The maximum Gasteiger partial charge on any atom is 0.343 e. The lowest BCUT2D eigenvalue weighted by molar-refractivity contribution is 0.0524. The second kappa shape index (κ2) is 4.23. The average Bonchev–Trinajstić information content (AvgIpc) is 2.04. The van der Waals surface area contributed by atoms with E-state index >= 15 is 0 Å². The summed E-state index contributed by atoms with van der Waals surface area (Å²) in [5, 5.41) is 0. The number of carbonyl (C=O) groups excluding carboxylic acids is 1. The summed E-state index contributed by atoms with van der Waals surface area (Å²) >= 11 is 3.08. The molecule has 0 amide bonds. The van der Waals surface area contributed by atoms with Crippen LogP contribution in [-0.4, -0.2) is 17.6 Å². The van der Waals surface area contributed by atoms with Crippen LogP contribution in [-0.2, 0) is 4.74 Å². The van der Waals surface area contributed by atoms with E-state index in [0.29, 0.717) is 4.60 Å². The number of pyridine rings is 1. The van der Waals surface area contributed by atoms with Gasteiger partial charge >= 0.3 is 5.97 Å². The van der Waals surface area contributed by atoms with Crippen LogP contribution in [0.15, 0.2) is 21.7 Å². The first-order valence-corrected chi connectivity index (χ1v) is 4.49. The molecule has 70 valence electrons. The molecule has 0 fully saturated rings. The Balaban J connectivity index is 3.02. The van der Waals surface area contributed by atoms with E-state index in [1.165, 1.54) is 12.3 Å². The van der Waals surface area contributed by atoms with Gasteiger partial charge in [0.15, 0.2) is 5.43 Å². The van der Waals surface area contributed by atoms with Crippen molar-refractivity contribution in [2.24, 2.45) is 0 Å². The molecule has 13 heavy (non-hydrogen) atoms. The van der Waals surface area contributed by atoms with Gasteiger partial charge in [-0.05, 0) is 22.9 Å². The fourth-order valence-corrected chi connectivity index (χ4v) is 1.14. The molecule has 0 unspecified atom stereocenters. The molecule has 0 aliphatic heterocycles. The van der Waals surface area contributed by atoms with Crippen molar-refractivity contribution < 1.29 is 9.53 Å². The van der Waals surface area contributed by atoms with Gasteiger partial charge in [0.1, 0.15) is 5.56 Å². The monoisotopic (exact) mass is 245 g/mol. The SMILES string of the molecule is CCOC(=O)c1c[nH]c(Br)cc1=O. The first-order valence-electron chi connectivity index (χ1n) is 3.70. The summed E-state index contributed by atoms with van der Waals surface area (Å²) in [5.41, 5.74) is -0.339. The fourth-order valence-electron chi connectivity index (χ4n) is 0.815. The van der Waals surface area contributed by atoms with Crippen LogP contribution < -0.4 is 5.43 Å². The standard InChI is InChI=1S/C8H8BrNO3/c1-2-13-8(12)5-4-10-7(9)3-6(5)11/h3-4H,2H2,1H3,(H,10,11). The first-order chi connectivity index (χ1) is 6.15. The zero-order chi connectivity index (χ0) is 9.84. The van der Waals surface area contributed by atoms with Gasteiger partial charge in [-0.3, -0.25) is 4.79 Å². The Morgan fingerprint density at radius 3 is 2.92 bits per heavy atom. The van der Waals surface area contributed by atoms with Gasteiger partial charge in [0.05, 0.1) is 11.2 Å². The van der Waals surface area contributed by atoms with Crippen molar-refractivity contribution in [1.82, 2.24) is 4.98 Å². The van der Waals surface area contributed by atoms with Crippen molar-refractivity contribution in [2.75, 3.05) is 6.61 Å². The number of hydrogen-bond donors (Lipinski definition) is 1.